The molecule has 5 rings (SSSR count). The van der Waals surface area contributed by atoms with E-state index in [-0.39, 0.29) is 17.8 Å². The number of carbonyl (C=O) groups excluding carboxylic acids is 1. The first-order valence-electron chi connectivity index (χ1n) is 13.2. The zero-order valence-electron chi connectivity index (χ0n) is 22.7. The van der Waals surface area contributed by atoms with E-state index in [0.717, 1.165) is 41.2 Å². The molecule has 0 aliphatic carbocycles. The molecule has 2 amide bonds. The van der Waals surface area contributed by atoms with Crippen molar-refractivity contribution < 1.29 is 18.0 Å². The number of nitrogens with one attached hydrogen (secondary N) is 2. The molecular formula is C31H29F3N6O. The molecule has 1 saturated heterocycles. The van der Waals surface area contributed by atoms with Gasteiger partial charge in [-0.2, -0.15) is 13.2 Å². The lowest BCUT2D eigenvalue weighted by Gasteiger charge is -2.33. The van der Waals surface area contributed by atoms with Crippen molar-refractivity contribution in [2.45, 2.75) is 19.6 Å². The smallest absolute Gasteiger partial charge is 0.308 e. The zero-order valence-corrected chi connectivity index (χ0v) is 22.7. The van der Waals surface area contributed by atoms with E-state index in [2.05, 4.69) is 37.3 Å². The molecule has 41 heavy (non-hydrogen) atoms. The van der Waals surface area contributed by atoms with E-state index in [1.807, 2.05) is 43.1 Å². The van der Waals surface area contributed by atoms with Crippen LogP contribution in [0.1, 0.15) is 27.8 Å². The largest absolute Gasteiger partial charge is 0.416 e. The molecule has 4 aromatic rings. The summed E-state index contributed by atoms with van der Waals surface area (Å²) in [6, 6.07) is 14.2. The number of rotatable bonds is 4. The number of alkyl halides is 3. The Balaban J connectivity index is 1.28. The van der Waals surface area contributed by atoms with Crippen LogP contribution >= 0.6 is 0 Å². The molecule has 210 valence electrons. The van der Waals surface area contributed by atoms with Crippen molar-refractivity contribution in [1.29, 1.82) is 0 Å². The fourth-order valence-electron chi connectivity index (χ4n) is 4.62. The van der Waals surface area contributed by atoms with Crippen LogP contribution < -0.4 is 10.6 Å². The summed E-state index contributed by atoms with van der Waals surface area (Å²) < 4.78 is 41.7. The van der Waals surface area contributed by atoms with Gasteiger partial charge < -0.3 is 15.5 Å². The van der Waals surface area contributed by atoms with Crippen molar-refractivity contribution in [3.8, 4) is 11.8 Å². The maximum atomic E-state index is 13.9. The Bertz CT molecular complexity index is 1630. The summed E-state index contributed by atoms with van der Waals surface area (Å²) in [5.74, 6) is 6.25. The van der Waals surface area contributed by atoms with E-state index in [9.17, 15) is 18.0 Å². The number of benzene rings is 3. The van der Waals surface area contributed by atoms with Crippen molar-refractivity contribution in [3.05, 3.63) is 94.9 Å². The highest BCUT2D eigenvalue weighted by Crippen LogP contribution is 2.34. The van der Waals surface area contributed by atoms with Crippen molar-refractivity contribution in [2.24, 2.45) is 0 Å². The fourth-order valence-corrected chi connectivity index (χ4v) is 4.62. The monoisotopic (exact) mass is 558 g/mol. The van der Waals surface area contributed by atoms with Crippen molar-refractivity contribution >= 4 is 28.3 Å². The quantitative estimate of drug-likeness (QED) is 0.312. The fraction of sp³-hybridized carbons (Fsp3) is 0.258. The zero-order chi connectivity index (χ0) is 29.0. The molecule has 0 atom stereocenters. The molecule has 0 spiro atoms. The highest BCUT2D eigenvalue weighted by atomic mass is 19.4. The summed E-state index contributed by atoms with van der Waals surface area (Å²) >= 11 is 0. The van der Waals surface area contributed by atoms with Gasteiger partial charge in [-0.05, 0) is 61.5 Å². The molecule has 0 unspecified atom stereocenters. The first-order valence-corrected chi connectivity index (χ1v) is 13.2. The SMILES string of the molecule is Cc1ccc(NC(=O)Nc2ccc(CN3CCN(C)CC3)c(C(F)(F)F)c2)cc1C#Cc1ccc2cncnc2c1. The van der Waals surface area contributed by atoms with Gasteiger partial charge in [0.25, 0.3) is 0 Å². The Labute approximate surface area is 236 Å². The summed E-state index contributed by atoms with van der Waals surface area (Å²) in [4.78, 5) is 25.1. The number of likely N-dealkylation sites (N-methyl/N-ethyl adjacent to an activating group) is 1. The van der Waals surface area contributed by atoms with Crippen molar-refractivity contribution in [3.63, 3.8) is 0 Å². The molecule has 0 bridgehead atoms. The van der Waals surface area contributed by atoms with Gasteiger partial charge in [0.05, 0.1) is 11.1 Å². The maximum absolute atomic E-state index is 13.9. The van der Waals surface area contributed by atoms with Crippen molar-refractivity contribution in [2.75, 3.05) is 43.9 Å². The Hall–Kier alpha value is -4.46. The maximum Gasteiger partial charge on any atom is 0.416 e. The van der Waals surface area contributed by atoms with Gasteiger partial charge in [0.1, 0.15) is 6.33 Å². The van der Waals surface area contributed by atoms with Gasteiger partial charge in [-0.1, -0.05) is 30.0 Å². The number of piperazine rings is 1. The molecule has 2 N–H and O–H groups in total. The summed E-state index contributed by atoms with van der Waals surface area (Å²) in [6.45, 7) is 5.14. The van der Waals surface area contributed by atoms with E-state index in [1.165, 1.54) is 18.5 Å². The predicted octanol–water partition coefficient (Wildman–Crippen LogP) is 5.75. The first kappa shape index (κ1) is 28.1. The third kappa shape index (κ3) is 7.20. The number of hydrogen-bond acceptors (Lipinski definition) is 5. The lowest BCUT2D eigenvalue weighted by atomic mass is 10.0. The molecule has 2 heterocycles. The first-order chi connectivity index (χ1) is 19.6. The molecule has 10 heteroatoms. The second-order valence-electron chi connectivity index (χ2n) is 10.1. The number of carbonyl (C=O) groups is 1. The van der Waals surface area contributed by atoms with Gasteiger partial charge in [0.15, 0.2) is 0 Å². The highest BCUT2D eigenvalue weighted by molar-refractivity contribution is 6.00. The van der Waals surface area contributed by atoms with Crippen molar-refractivity contribution in [1.82, 2.24) is 19.8 Å². The summed E-state index contributed by atoms with van der Waals surface area (Å²) in [6.07, 6.45) is -1.33. The number of aryl methyl sites for hydroxylation is 1. The van der Waals surface area contributed by atoms with Crippen LogP contribution in [0, 0.1) is 18.8 Å². The number of halogens is 3. The minimum absolute atomic E-state index is 0.0594. The van der Waals surface area contributed by atoms with Crippen LogP contribution in [0.3, 0.4) is 0 Å². The molecule has 3 aromatic carbocycles. The molecule has 1 aliphatic heterocycles. The molecule has 1 aromatic heterocycles. The Kier molecular flexibility index (Phi) is 8.19. The average Bonchev–Trinajstić information content (AvgIpc) is 2.94. The number of anilines is 2. The molecule has 7 nitrogen and oxygen atoms in total. The summed E-state index contributed by atoms with van der Waals surface area (Å²) in [5.41, 5.74) is 3.15. The van der Waals surface area contributed by atoms with Gasteiger partial charge in [-0.25, -0.2) is 14.8 Å². The minimum atomic E-state index is -4.54. The molecular weight excluding hydrogens is 529 g/mol. The molecule has 1 aliphatic rings. The lowest BCUT2D eigenvalue weighted by Crippen LogP contribution is -2.44. The third-order valence-electron chi connectivity index (χ3n) is 7.01. The Morgan fingerprint density at radius 3 is 2.44 bits per heavy atom. The highest BCUT2D eigenvalue weighted by Gasteiger charge is 2.34. The molecule has 0 saturated carbocycles. The minimum Gasteiger partial charge on any atom is -0.308 e. The van der Waals surface area contributed by atoms with E-state index in [1.54, 1.807) is 18.3 Å². The van der Waals surface area contributed by atoms with Gasteiger partial charge in [0, 0.05) is 66.8 Å². The molecule has 0 radical (unpaired) electrons. The van der Waals surface area contributed by atoms with Gasteiger partial charge in [-0.3, -0.25) is 4.90 Å². The topological polar surface area (TPSA) is 73.4 Å². The van der Waals surface area contributed by atoms with E-state index in [0.29, 0.717) is 24.3 Å². The van der Waals surface area contributed by atoms with Crippen LogP contribution in [0.4, 0.5) is 29.3 Å². The van der Waals surface area contributed by atoms with Crippen LogP contribution in [-0.2, 0) is 12.7 Å². The Morgan fingerprint density at radius 2 is 1.68 bits per heavy atom. The van der Waals surface area contributed by atoms with E-state index >= 15 is 0 Å². The van der Waals surface area contributed by atoms with Crippen LogP contribution in [0.5, 0.6) is 0 Å². The van der Waals surface area contributed by atoms with Crippen LogP contribution in [0.25, 0.3) is 10.9 Å². The number of urea groups is 1. The number of nitrogens with zero attached hydrogens (tertiary/aromatic N) is 4. The second kappa shape index (κ2) is 12.0. The van der Waals surface area contributed by atoms with Gasteiger partial charge in [-0.15, -0.1) is 0 Å². The summed E-state index contributed by atoms with van der Waals surface area (Å²) in [5, 5.41) is 6.14. The van der Waals surface area contributed by atoms with E-state index in [4.69, 9.17) is 0 Å². The molecule has 1 fully saturated rings. The van der Waals surface area contributed by atoms with Crippen LogP contribution in [0.15, 0.2) is 67.1 Å². The van der Waals surface area contributed by atoms with Gasteiger partial charge in [0.2, 0.25) is 0 Å². The Morgan fingerprint density at radius 1 is 0.951 bits per heavy atom. The number of aromatic nitrogens is 2. The lowest BCUT2D eigenvalue weighted by molar-refractivity contribution is -0.138. The number of fused-ring (bicyclic) bond motifs is 1. The predicted molar refractivity (Wildman–Crippen MR) is 154 cm³/mol. The summed E-state index contributed by atoms with van der Waals surface area (Å²) in [7, 11) is 2.00. The number of amides is 2. The normalized spacial score (nSPS) is 14.4. The second-order valence-corrected chi connectivity index (χ2v) is 10.1. The van der Waals surface area contributed by atoms with Crippen LogP contribution in [-0.4, -0.2) is 59.0 Å². The van der Waals surface area contributed by atoms with Crippen LogP contribution in [0.2, 0.25) is 0 Å². The van der Waals surface area contributed by atoms with Gasteiger partial charge >= 0.3 is 12.2 Å². The third-order valence-corrected chi connectivity index (χ3v) is 7.01. The van der Waals surface area contributed by atoms with E-state index < -0.39 is 17.8 Å². The number of hydrogen-bond donors (Lipinski definition) is 2. The standard InChI is InChI=1S/C31H29F3N6O/c1-21-3-9-26(16-23(21)6-4-22-5-7-24-18-35-20-36-29(24)15-22)37-30(41)38-27-10-8-25(28(17-27)31(32,33)34)19-40-13-11-39(2)12-14-40/h3,5,7-10,15-18,20H,11-14,19H2,1-2H3,(H2,37,38,41). The average molecular weight is 559 g/mol.